The van der Waals surface area contributed by atoms with Crippen LogP contribution in [-0.2, 0) is 19.1 Å². The van der Waals surface area contributed by atoms with E-state index in [1.165, 1.54) is 25.6 Å². The van der Waals surface area contributed by atoms with Crippen molar-refractivity contribution in [3.05, 3.63) is 23.2 Å². The van der Waals surface area contributed by atoms with Crippen LogP contribution in [0.4, 0.5) is 10.8 Å². The van der Waals surface area contributed by atoms with Crippen molar-refractivity contribution in [2.45, 2.75) is 26.2 Å². The Morgan fingerprint density at radius 3 is 2.48 bits per heavy atom. The molecule has 0 aliphatic rings. The van der Waals surface area contributed by atoms with Crippen molar-refractivity contribution in [1.82, 2.24) is 10.2 Å². The van der Waals surface area contributed by atoms with Crippen LogP contribution in [0.3, 0.4) is 0 Å². The minimum atomic E-state index is -0.568. The molecular formula is C18H22N4O6S. The van der Waals surface area contributed by atoms with Gasteiger partial charge >= 0.3 is 5.97 Å². The van der Waals surface area contributed by atoms with Crippen molar-refractivity contribution < 1.29 is 28.6 Å². The Labute approximate surface area is 171 Å². The second-order valence-electron chi connectivity index (χ2n) is 5.80. The van der Waals surface area contributed by atoms with Crippen LogP contribution in [0.5, 0.6) is 11.5 Å². The Morgan fingerprint density at radius 1 is 1.03 bits per heavy atom. The van der Waals surface area contributed by atoms with E-state index in [2.05, 4.69) is 20.8 Å². The number of hydrogen-bond acceptors (Lipinski definition) is 9. The summed E-state index contributed by atoms with van der Waals surface area (Å²) < 4.78 is 15.2. The van der Waals surface area contributed by atoms with Gasteiger partial charge in [0, 0.05) is 18.9 Å². The zero-order chi connectivity index (χ0) is 21.2. The number of esters is 1. The second kappa shape index (κ2) is 11.0. The normalized spacial score (nSPS) is 10.2. The minimum absolute atomic E-state index is 0.0156. The average Bonchev–Trinajstić information content (AvgIpc) is 3.11. The molecule has 0 unspecified atom stereocenters. The molecule has 0 radical (unpaired) electrons. The molecule has 0 saturated carbocycles. The highest BCUT2D eigenvalue weighted by Gasteiger charge is 2.13. The van der Waals surface area contributed by atoms with Gasteiger partial charge in [0.05, 0.1) is 19.9 Å². The first-order valence-electron chi connectivity index (χ1n) is 8.68. The molecule has 2 amide bonds. The van der Waals surface area contributed by atoms with E-state index in [-0.39, 0.29) is 25.2 Å². The van der Waals surface area contributed by atoms with E-state index < -0.39 is 18.5 Å². The molecule has 1 aromatic carbocycles. The van der Waals surface area contributed by atoms with E-state index in [1.54, 1.807) is 25.1 Å². The first-order valence-corrected chi connectivity index (χ1v) is 9.50. The molecule has 2 N–H and O–H groups in total. The lowest BCUT2D eigenvalue weighted by molar-refractivity contribution is -0.147. The average molecular weight is 422 g/mol. The molecular weight excluding hydrogens is 400 g/mol. The van der Waals surface area contributed by atoms with Crippen LogP contribution < -0.4 is 20.1 Å². The van der Waals surface area contributed by atoms with Crippen LogP contribution in [0.25, 0.3) is 0 Å². The van der Waals surface area contributed by atoms with Gasteiger partial charge in [0.15, 0.2) is 6.61 Å². The SMILES string of the molecule is COc1ccc(NC(=O)COC(=O)CCCC(=O)Nc2nnc(C)s2)c(OC)c1. The molecule has 11 heteroatoms. The number of methoxy groups -OCH3 is 2. The molecule has 0 aliphatic heterocycles. The Bertz CT molecular complexity index is 870. The topological polar surface area (TPSA) is 129 Å². The zero-order valence-electron chi connectivity index (χ0n) is 16.3. The van der Waals surface area contributed by atoms with Crippen LogP contribution >= 0.6 is 11.3 Å². The van der Waals surface area contributed by atoms with Crippen molar-refractivity contribution in [3.63, 3.8) is 0 Å². The first kappa shape index (κ1) is 22.1. The third kappa shape index (κ3) is 7.37. The van der Waals surface area contributed by atoms with Crippen LogP contribution in [0.2, 0.25) is 0 Å². The molecule has 2 aromatic rings. The van der Waals surface area contributed by atoms with Gasteiger partial charge in [-0.25, -0.2) is 0 Å². The van der Waals surface area contributed by atoms with Gasteiger partial charge < -0.3 is 24.8 Å². The molecule has 0 fully saturated rings. The van der Waals surface area contributed by atoms with Crippen molar-refractivity contribution in [3.8, 4) is 11.5 Å². The standard InChI is InChI=1S/C18H22N4O6S/c1-11-21-22-18(29-11)20-15(23)5-4-6-17(25)28-10-16(24)19-13-8-7-12(26-2)9-14(13)27-3/h7-9H,4-6,10H2,1-3H3,(H,19,24)(H,20,22,23). The number of anilines is 2. The Morgan fingerprint density at radius 2 is 1.83 bits per heavy atom. The number of ether oxygens (including phenoxy) is 3. The Hall–Kier alpha value is -3.21. The first-order chi connectivity index (χ1) is 13.9. The molecule has 0 spiro atoms. The molecule has 2 rings (SSSR count). The summed E-state index contributed by atoms with van der Waals surface area (Å²) in [6, 6.07) is 4.91. The van der Waals surface area contributed by atoms with Crippen LogP contribution in [0.15, 0.2) is 18.2 Å². The fourth-order valence-electron chi connectivity index (χ4n) is 2.23. The molecule has 10 nitrogen and oxygen atoms in total. The third-order valence-electron chi connectivity index (χ3n) is 3.60. The molecule has 1 aromatic heterocycles. The van der Waals surface area contributed by atoms with Crippen molar-refractivity contribution in [2.24, 2.45) is 0 Å². The molecule has 0 bridgehead atoms. The number of rotatable bonds is 10. The highest BCUT2D eigenvalue weighted by Crippen LogP contribution is 2.28. The highest BCUT2D eigenvalue weighted by molar-refractivity contribution is 7.15. The van der Waals surface area contributed by atoms with Gasteiger partial charge in [-0.05, 0) is 25.5 Å². The monoisotopic (exact) mass is 422 g/mol. The summed E-state index contributed by atoms with van der Waals surface area (Å²) in [5.74, 6) is -0.344. The summed E-state index contributed by atoms with van der Waals surface area (Å²) in [7, 11) is 2.99. The molecule has 0 aliphatic carbocycles. The summed E-state index contributed by atoms with van der Waals surface area (Å²) in [5, 5.41) is 13.9. The number of amides is 2. The number of carbonyl (C=O) groups is 3. The lowest BCUT2D eigenvalue weighted by atomic mass is 10.2. The minimum Gasteiger partial charge on any atom is -0.497 e. The van der Waals surface area contributed by atoms with Gasteiger partial charge in [0.1, 0.15) is 16.5 Å². The van der Waals surface area contributed by atoms with Gasteiger partial charge in [-0.3, -0.25) is 14.4 Å². The van der Waals surface area contributed by atoms with Crippen molar-refractivity contribution in [1.29, 1.82) is 0 Å². The molecule has 0 saturated heterocycles. The Balaban J connectivity index is 1.68. The maximum Gasteiger partial charge on any atom is 0.306 e. The number of nitrogens with zero attached hydrogens (tertiary/aromatic N) is 2. The lowest BCUT2D eigenvalue weighted by Gasteiger charge is -2.11. The third-order valence-corrected chi connectivity index (χ3v) is 4.36. The van der Waals surface area contributed by atoms with E-state index in [0.29, 0.717) is 22.3 Å². The number of aromatic nitrogens is 2. The summed E-state index contributed by atoms with van der Waals surface area (Å²) >= 11 is 1.27. The van der Waals surface area contributed by atoms with Gasteiger partial charge in [0.25, 0.3) is 5.91 Å². The molecule has 29 heavy (non-hydrogen) atoms. The smallest absolute Gasteiger partial charge is 0.306 e. The second-order valence-corrected chi connectivity index (χ2v) is 6.98. The maximum atomic E-state index is 12.0. The van der Waals surface area contributed by atoms with Gasteiger partial charge in [-0.15, -0.1) is 10.2 Å². The highest BCUT2D eigenvalue weighted by atomic mass is 32.1. The van der Waals surface area contributed by atoms with E-state index in [9.17, 15) is 14.4 Å². The zero-order valence-corrected chi connectivity index (χ0v) is 17.1. The number of nitrogens with one attached hydrogen (secondary N) is 2. The van der Waals surface area contributed by atoms with Crippen LogP contribution in [-0.4, -0.2) is 48.8 Å². The fourth-order valence-corrected chi connectivity index (χ4v) is 2.84. The van der Waals surface area contributed by atoms with Crippen LogP contribution in [0.1, 0.15) is 24.3 Å². The van der Waals surface area contributed by atoms with Crippen molar-refractivity contribution in [2.75, 3.05) is 31.5 Å². The molecule has 1 heterocycles. The number of carbonyl (C=O) groups excluding carboxylic acids is 3. The summed E-state index contributed by atoms with van der Waals surface area (Å²) in [4.78, 5) is 35.5. The quantitative estimate of drug-likeness (QED) is 0.557. The van der Waals surface area contributed by atoms with Gasteiger partial charge in [-0.2, -0.15) is 0 Å². The van der Waals surface area contributed by atoms with E-state index >= 15 is 0 Å². The lowest BCUT2D eigenvalue weighted by Crippen LogP contribution is -2.21. The Kier molecular flexibility index (Phi) is 8.34. The maximum absolute atomic E-state index is 12.0. The summed E-state index contributed by atoms with van der Waals surface area (Å²) in [5.41, 5.74) is 0.429. The van der Waals surface area contributed by atoms with E-state index in [0.717, 1.165) is 5.01 Å². The number of benzene rings is 1. The van der Waals surface area contributed by atoms with Crippen molar-refractivity contribution >= 4 is 39.9 Å². The largest absolute Gasteiger partial charge is 0.497 e. The summed E-state index contributed by atoms with van der Waals surface area (Å²) in [6.07, 6.45) is 0.432. The predicted octanol–water partition coefficient (Wildman–Crippen LogP) is 2.15. The van der Waals surface area contributed by atoms with Gasteiger partial charge in [0.2, 0.25) is 11.0 Å². The van der Waals surface area contributed by atoms with E-state index in [4.69, 9.17) is 14.2 Å². The molecule has 0 atom stereocenters. The predicted molar refractivity (Wildman–Crippen MR) is 106 cm³/mol. The van der Waals surface area contributed by atoms with E-state index in [1.807, 2.05) is 0 Å². The summed E-state index contributed by atoms with van der Waals surface area (Å²) in [6.45, 7) is 1.34. The van der Waals surface area contributed by atoms with Gasteiger partial charge in [-0.1, -0.05) is 11.3 Å². The van der Waals surface area contributed by atoms with Crippen LogP contribution in [0, 0.1) is 6.92 Å². The number of aryl methyl sites for hydroxylation is 1. The molecule has 156 valence electrons. The fraction of sp³-hybridized carbons (Fsp3) is 0.389. The number of hydrogen-bond donors (Lipinski definition) is 2.